The first kappa shape index (κ1) is 18.5. The van der Waals surface area contributed by atoms with Gasteiger partial charge in [-0.1, -0.05) is 11.3 Å². The number of pyridine rings is 1. The van der Waals surface area contributed by atoms with Gasteiger partial charge >= 0.3 is 0 Å². The number of nitrogens with zero attached hydrogens (tertiary/aromatic N) is 6. The third-order valence-corrected chi connectivity index (χ3v) is 7.04. The molecule has 0 aliphatic heterocycles. The summed E-state index contributed by atoms with van der Waals surface area (Å²) in [5.41, 5.74) is 3.77. The number of fused-ring (bicyclic) bond motifs is 2. The van der Waals surface area contributed by atoms with Crippen molar-refractivity contribution in [2.45, 2.75) is 22.9 Å². The summed E-state index contributed by atoms with van der Waals surface area (Å²) in [6.07, 6.45) is 7.81. The maximum Gasteiger partial charge on any atom is 0.229 e. The Kier molecular flexibility index (Phi) is 4.29. The molecule has 0 bridgehead atoms. The zero-order valence-electron chi connectivity index (χ0n) is 16.5. The summed E-state index contributed by atoms with van der Waals surface area (Å²) in [6, 6.07) is 10.1. The van der Waals surface area contributed by atoms with Crippen molar-refractivity contribution in [2.24, 2.45) is 13.0 Å². The average molecular weight is 448 g/mol. The topological polar surface area (TPSA) is 90.0 Å². The molecule has 31 heavy (non-hydrogen) atoms. The Bertz CT molecular complexity index is 1450. The lowest BCUT2D eigenvalue weighted by Gasteiger charge is -2.03. The van der Waals surface area contributed by atoms with E-state index in [0.29, 0.717) is 5.13 Å². The molecule has 154 valence electrons. The molecule has 1 aliphatic carbocycles. The fraction of sp³-hybridized carbons (Fsp3) is 0.190. The molecule has 1 amide bonds. The number of nitrogens with one attached hydrogen (secondary N) is 1. The molecule has 6 rings (SSSR count). The van der Waals surface area contributed by atoms with E-state index in [1.54, 1.807) is 16.4 Å². The number of amides is 1. The van der Waals surface area contributed by atoms with Gasteiger partial charge in [-0.25, -0.2) is 4.98 Å². The van der Waals surface area contributed by atoms with Crippen molar-refractivity contribution in [2.75, 3.05) is 5.32 Å². The monoisotopic (exact) mass is 447 g/mol. The van der Waals surface area contributed by atoms with Gasteiger partial charge in [-0.05, 0) is 54.9 Å². The lowest BCUT2D eigenvalue weighted by molar-refractivity contribution is -0.117. The van der Waals surface area contributed by atoms with E-state index in [0.717, 1.165) is 49.9 Å². The smallest absolute Gasteiger partial charge is 0.229 e. The number of thiazole rings is 1. The molecule has 1 aliphatic rings. The van der Waals surface area contributed by atoms with Gasteiger partial charge in [-0.2, -0.15) is 5.10 Å². The minimum Gasteiger partial charge on any atom is -0.302 e. The van der Waals surface area contributed by atoms with Gasteiger partial charge in [-0.3, -0.25) is 13.9 Å². The molecular weight excluding hydrogens is 430 g/mol. The molecule has 0 radical (unpaired) electrons. The van der Waals surface area contributed by atoms with E-state index >= 15 is 0 Å². The predicted molar refractivity (Wildman–Crippen MR) is 120 cm³/mol. The van der Waals surface area contributed by atoms with Gasteiger partial charge in [0.2, 0.25) is 5.91 Å². The van der Waals surface area contributed by atoms with Gasteiger partial charge in [0.25, 0.3) is 0 Å². The highest BCUT2D eigenvalue weighted by atomic mass is 32.2. The van der Waals surface area contributed by atoms with E-state index < -0.39 is 0 Å². The Hall–Kier alpha value is -3.24. The molecule has 0 atom stereocenters. The van der Waals surface area contributed by atoms with Crippen molar-refractivity contribution in [1.29, 1.82) is 0 Å². The largest absolute Gasteiger partial charge is 0.302 e. The van der Waals surface area contributed by atoms with Crippen LogP contribution in [-0.4, -0.2) is 35.3 Å². The Morgan fingerprint density at radius 3 is 2.87 bits per heavy atom. The van der Waals surface area contributed by atoms with Crippen LogP contribution in [0.15, 0.2) is 59.0 Å². The van der Waals surface area contributed by atoms with E-state index in [9.17, 15) is 4.79 Å². The molecule has 8 nitrogen and oxygen atoms in total. The molecule has 0 unspecified atom stereocenters. The quantitative estimate of drug-likeness (QED) is 0.433. The number of rotatable bonds is 5. The number of hydrogen-bond acceptors (Lipinski definition) is 7. The van der Waals surface area contributed by atoms with Crippen LogP contribution in [0.25, 0.3) is 27.0 Å². The summed E-state index contributed by atoms with van der Waals surface area (Å²) in [5, 5.41) is 17.3. The number of aromatic nitrogens is 6. The standard InChI is InChI=1S/C21H17N7OS2/c1-27-10-14(9-22-27)13-4-7-18-25-26-21(28(18)11-13)30-15-5-6-16-17(8-15)31-20(23-16)24-19(29)12-2-3-12/h4-12H,2-3H2,1H3,(H,23,24,29). The third kappa shape index (κ3) is 3.57. The average Bonchev–Trinajstić information content (AvgIpc) is 3.23. The summed E-state index contributed by atoms with van der Waals surface area (Å²) in [4.78, 5) is 17.6. The van der Waals surface area contributed by atoms with Crippen LogP contribution in [0.2, 0.25) is 0 Å². The van der Waals surface area contributed by atoms with Crippen molar-refractivity contribution in [1.82, 2.24) is 29.4 Å². The molecule has 5 aromatic rings. The number of anilines is 1. The van der Waals surface area contributed by atoms with Crippen LogP contribution in [0.3, 0.4) is 0 Å². The lowest BCUT2D eigenvalue weighted by atomic mass is 10.2. The molecular formula is C21H17N7OS2. The highest BCUT2D eigenvalue weighted by Crippen LogP contribution is 2.35. The van der Waals surface area contributed by atoms with Crippen LogP contribution < -0.4 is 5.32 Å². The second-order valence-corrected chi connectivity index (χ2v) is 9.62. The van der Waals surface area contributed by atoms with E-state index in [-0.39, 0.29) is 11.8 Å². The molecule has 10 heteroatoms. The van der Waals surface area contributed by atoms with Crippen molar-refractivity contribution < 1.29 is 4.79 Å². The Morgan fingerprint density at radius 1 is 1.16 bits per heavy atom. The van der Waals surface area contributed by atoms with Crippen molar-refractivity contribution in [3.8, 4) is 11.1 Å². The summed E-state index contributed by atoms with van der Waals surface area (Å²) in [7, 11) is 1.90. The van der Waals surface area contributed by atoms with Gasteiger partial charge in [0.15, 0.2) is 15.9 Å². The number of aryl methyl sites for hydroxylation is 1. The van der Waals surface area contributed by atoms with Crippen molar-refractivity contribution >= 4 is 50.0 Å². The fourth-order valence-corrected chi connectivity index (χ4v) is 5.19. The zero-order valence-corrected chi connectivity index (χ0v) is 18.2. The molecule has 4 aromatic heterocycles. The van der Waals surface area contributed by atoms with Gasteiger partial charge in [-0.15, -0.1) is 10.2 Å². The number of benzene rings is 1. The van der Waals surface area contributed by atoms with Crippen LogP contribution in [0.4, 0.5) is 5.13 Å². The fourth-order valence-electron chi connectivity index (χ4n) is 3.36. The van der Waals surface area contributed by atoms with Gasteiger partial charge in [0.05, 0.1) is 16.4 Å². The van der Waals surface area contributed by atoms with E-state index in [4.69, 9.17) is 0 Å². The highest BCUT2D eigenvalue weighted by Gasteiger charge is 2.30. The van der Waals surface area contributed by atoms with Crippen LogP contribution in [0, 0.1) is 5.92 Å². The van der Waals surface area contributed by atoms with Crippen LogP contribution >= 0.6 is 23.1 Å². The third-order valence-electron chi connectivity index (χ3n) is 5.16. The minimum atomic E-state index is 0.0769. The second kappa shape index (κ2) is 7.17. The molecule has 0 spiro atoms. The summed E-state index contributed by atoms with van der Waals surface area (Å²) in [6.45, 7) is 0. The maximum absolute atomic E-state index is 12.0. The predicted octanol–water partition coefficient (Wildman–Crippen LogP) is 4.24. The Morgan fingerprint density at radius 2 is 2.06 bits per heavy atom. The van der Waals surface area contributed by atoms with Gasteiger partial charge in [0.1, 0.15) is 0 Å². The zero-order chi connectivity index (χ0) is 20.9. The molecule has 1 saturated carbocycles. The van der Waals surface area contributed by atoms with Crippen molar-refractivity contribution in [3.05, 3.63) is 48.9 Å². The number of carbonyl (C=O) groups is 1. The molecule has 1 aromatic carbocycles. The normalized spacial score (nSPS) is 13.8. The van der Waals surface area contributed by atoms with Crippen LogP contribution in [0.5, 0.6) is 0 Å². The second-order valence-electron chi connectivity index (χ2n) is 7.55. The molecule has 4 heterocycles. The Balaban J connectivity index is 1.29. The minimum absolute atomic E-state index is 0.0769. The lowest BCUT2D eigenvalue weighted by Crippen LogP contribution is -2.12. The molecule has 1 N–H and O–H groups in total. The summed E-state index contributed by atoms with van der Waals surface area (Å²) < 4.78 is 4.80. The van der Waals surface area contributed by atoms with Gasteiger partial charge < -0.3 is 5.32 Å². The number of hydrogen-bond donors (Lipinski definition) is 1. The summed E-state index contributed by atoms with van der Waals surface area (Å²) >= 11 is 3.04. The highest BCUT2D eigenvalue weighted by molar-refractivity contribution is 7.99. The van der Waals surface area contributed by atoms with E-state index in [1.165, 1.54) is 11.3 Å². The van der Waals surface area contributed by atoms with Crippen LogP contribution in [-0.2, 0) is 11.8 Å². The van der Waals surface area contributed by atoms with Crippen LogP contribution in [0.1, 0.15) is 12.8 Å². The maximum atomic E-state index is 12.0. The first-order valence-electron chi connectivity index (χ1n) is 9.85. The Labute approximate surface area is 185 Å². The van der Waals surface area contributed by atoms with E-state index in [2.05, 4.69) is 31.7 Å². The SMILES string of the molecule is Cn1cc(-c2ccc3nnc(Sc4ccc5nc(NC(=O)C6CC6)sc5c4)n3c2)cn1. The summed E-state index contributed by atoms with van der Waals surface area (Å²) in [5.74, 6) is 0.240. The molecule has 0 saturated heterocycles. The first-order chi connectivity index (χ1) is 15.1. The molecule has 1 fully saturated rings. The van der Waals surface area contributed by atoms with Crippen molar-refractivity contribution in [3.63, 3.8) is 0 Å². The number of carbonyl (C=O) groups excluding carboxylic acids is 1. The van der Waals surface area contributed by atoms with E-state index in [1.807, 2.05) is 54.3 Å². The first-order valence-corrected chi connectivity index (χ1v) is 11.5. The van der Waals surface area contributed by atoms with Gasteiger partial charge in [0, 0.05) is 41.4 Å².